The first kappa shape index (κ1) is 30.4. The van der Waals surface area contributed by atoms with Crippen LogP contribution in [0.25, 0.3) is 0 Å². The molecule has 1 fully saturated rings. The Balaban J connectivity index is 1.93. The molecule has 2 aromatic carbocycles. The van der Waals surface area contributed by atoms with E-state index >= 15 is 0 Å². The molecule has 1 aliphatic rings. The van der Waals surface area contributed by atoms with Crippen LogP contribution in [-0.4, -0.2) is 67.0 Å². The quantitative estimate of drug-likeness (QED) is 0.353. The predicted molar refractivity (Wildman–Crippen MR) is 151 cm³/mol. The molecule has 0 spiro atoms. The van der Waals surface area contributed by atoms with Gasteiger partial charge in [-0.05, 0) is 75.3 Å². The maximum atomic E-state index is 13.9. The molecule has 2 amide bonds. The first-order valence-corrected chi connectivity index (χ1v) is 13.8. The molecule has 3 rings (SSSR count). The standard InChI is InChI=1S/C31H44N2O6/c1-8-22(2)25-19-24(16-17-27(25)36-6)29(34)33(37-7)26-20-32(30(35)39-31(3,4)5)18-12-15-28(26)38-21-23-13-10-9-11-14-23/h9-11,13-14,16-17,19,22,26,28H,8,12,15,18,20-21H2,1-7H3/t22?,26-,28-/m1/s1. The van der Waals surface area contributed by atoms with Gasteiger partial charge in [0.1, 0.15) is 17.4 Å². The van der Waals surface area contributed by atoms with Crippen LogP contribution in [0.2, 0.25) is 0 Å². The van der Waals surface area contributed by atoms with Crippen LogP contribution >= 0.6 is 0 Å². The Hall–Kier alpha value is -3.10. The monoisotopic (exact) mass is 540 g/mol. The van der Waals surface area contributed by atoms with Crippen molar-refractivity contribution in [1.82, 2.24) is 9.96 Å². The Morgan fingerprint density at radius 3 is 2.44 bits per heavy atom. The van der Waals surface area contributed by atoms with Crippen LogP contribution in [0.1, 0.15) is 81.3 Å². The molecular weight excluding hydrogens is 496 g/mol. The number of amides is 2. The van der Waals surface area contributed by atoms with Crippen molar-refractivity contribution in [3.05, 3.63) is 65.2 Å². The third-order valence-corrected chi connectivity index (χ3v) is 7.03. The van der Waals surface area contributed by atoms with E-state index in [0.29, 0.717) is 31.6 Å². The van der Waals surface area contributed by atoms with E-state index in [2.05, 4.69) is 13.8 Å². The number of hydrogen-bond donors (Lipinski definition) is 0. The summed E-state index contributed by atoms with van der Waals surface area (Å²) >= 11 is 0. The number of nitrogens with zero attached hydrogens (tertiary/aromatic N) is 2. The van der Waals surface area contributed by atoms with Gasteiger partial charge in [0.05, 0.1) is 26.9 Å². The van der Waals surface area contributed by atoms with Crippen LogP contribution in [-0.2, 0) is 20.9 Å². The smallest absolute Gasteiger partial charge is 0.410 e. The van der Waals surface area contributed by atoms with E-state index in [0.717, 1.165) is 23.3 Å². The molecular formula is C31H44N2O6. The lowest BCUT2D eigenvalue weighted by Gasteiger charge is -2.36. The molecule has 0 radical (unpaired) electrons. The number of carbonyl (C=O) groups is 2. The van der Waals surface area contributed by atoms with Crippen LogP contribution in [0.5, 0.6) is 5.75 Å². The largest absolute Gasteiger partial charge is 0.496 e. The van der Waals surface area contributed by atoms with Gasteiger partial charge in [0.2, 0.25) is 0 Å². The Morgan fingerprint density at radius 2 is 1.82 bits per heavy atom. The molecule has 0 bridgehead atoms. The summed E-state index contributed by atoms with van der Waals surface area (Å²) in [6.07, 6.45) is 1.51. The lowest BCUT2D eigenvalue weighted by molar-refractivity contribution is -0.160. The van der Waals surface area contributed by atoms with Crippen molar-refractivity contribution < 1.29 is 28.6 Å². The van der Waals surface area contributed by atoms with Gasteiger partial charge in [0.25, 0.3) is 5.91 Å². The van der Waals surface area contributed by atoms with Gasteiger partial charge in [-0.1, -0.05) is 44.2 Å². The minimum atomic E-state index is -0.631. The normalized spacial score (nSPS) is 18.7. The average Bonchev–Trinajstić information content (AvgIpc) is 3.14. The van der Waals surface area contributed by atoms with Crippen LogP contribution in [0.4, 0.5) is 4.79 Å². The van der Waals surface area contributed by atoms with Gasteiger partial charge in [-0.25, -0.2) is 9.86 Å². The highest BCUT2D eigenvalue weighted by Crippen LogP contribution is 2.31. The SMILES string of the molecule is CCC(C)c1cc(C(=O)N(OC)[C@@H]2CN(C(=O)OC(C)(C)C)CCC[C@H]2OCc2ccccc2)ccc1OC. The van der Waals surface area contributed by atoms with E-state index < -0.39 is 17.7 Å². The molecule has 1 unspecified atom stereocenters. The summed E-state index contributed by atoms with van der Waals surface area (Å²) in [7, 11) is 3.11. The number of likely N-dealkylation sites (tertiary alicyclic amines) is 1. The molecule has 0 N–H and O–H groups in total. The van der Waals surface area contributed by atoms with Crippen molar-refractivity contribution in [3.63, 3.8) is 0 Å². The molecule has 3 atom stereocenters. The summed E-state index contributed by atoms with van der Waals surface area (Å²) in [5.41, 5.74) is 1.86. The van der Waals surface area contributed by atoms with E-state index in [9.17, 15) is 9.59 Å². The number of hydrogen-bond acceptors (Lipinski definition) is 6. The van der Waals surface area contributed by atoms with Crippen molar-refractivity contribution in [2.45, 2.75) is 84.2 Å². The fourth-order valence-corrected chi connectivity index (χ4v) is 4.77. The van der Waals surface area contributed by atoms with Crippen LogP contribution in [0.15, 0.2) is 48.5 Å². The zero-order valence-electron chi connectivity index (χ0n) is 24.4. The first-order valence-electron chi connectivity index (χ1n) is 13.8. The summed E-state index contributed by atoms with van der Waals surface area (Å²) in [6.45, 7) is 10.9. The number of methoxy groups -OCH3 is 1. The third kappa shape index (κ3) is 8.19. The summed E-state index contributed by atoms with van der Waals surface area (Å²) in [5, 5.41) is 1.36. The maximum absolute atomic E-state index is 13.9. The molecule has 0 aromatic heterocycles. The van der Waals surface area contributed by atoms with Gasteiger partial charge >= 0.3 is 6.09 Å². The summed E-state index contributed by atoms with van der Waals surface area (Å²) in [6, 6.07) is 14.8. The molecule has 8 nitrogen and oxygen atoms in total. The topological polar surface area (TPSA) is 77.5 Å². The number of hydroxylamine groups is 2. The van der Waals surface area contributed by atoms with Gasteiger partial charge in [0, 0.05) is 18.7 Å². The Kier molecular flexibility index (Phi) is 10.8. The summed E-state index contributed by atoms with van der Waals surface area (Å²) in [5.74, 6) is 0.666. The zero-order chi connectivity index (χ0) is 28.6. The second kappa shape index (κ2) is 13.8. The van der Waals surface area contributed by atoms with E-state index in [4.69, 9.17) is 19.0 Å². The van der Waals surface area contributed by atoms with E-state index in [1.54, 1.807) is 18.1 Å². The molecule has 2 aromatic rings. The molecule has 1 heterocycles. The molecule has 0 saturated carbocycles. The minimum Gasteiger partial charge on any atom is -0.496 e. The fraction of sp³-hybridized carbons (Fsp3) is 0.548. The van der Waals surface area contributed by atoms with Gasteiger partial charge in [0.15, 0.2) is 0 Å². The average molecular weight is 541 g/mol. The summed E-state index contributed by atoms with van der Waals surface area (Å²) < 4.78 is 17.6. The molecule has 1 saturated heterocycles. The van der Waals surface area contributed by atoms with E-state index in [1.165, 1.54) is 12.2 Å². The third-order valence-electron chi connectivity index (χ3n) is 7.03. The highest BCUT2D eigenvalue weighted by molar-refractivity contribution is 5.94. The van der Waals surface area contributed by atoms with Crippen LogP contribution in [0, 0.1) is 0 Å². The van der Waals surface area contributed by atoms with E-state index in [-0.39, 0.29) is 24.5 Å². The lowest BCUT2D eigenvalue weighted by atomic mass is 9.95. The Labute approximate surface area is 233 Å². The van der Waals surface area contributed by atoms with Gasteiger partial charge < -0.3 is 19.1 Å². The Morgan fingerprint density at radius 1 is 1.10 bits per heavy atom. The predicted octanol–water partition coefficient (Wildman–Crippen LogP) is 6.20. The van der Waals surface area contributed by atoms with E-state index in [1.807, 2.05) is 63.2 Å². The minimum absolute atomic E-state index is 0.214. The molecule has 8 heteroatoms. The number of rotatable bonds is 9. The van der Waals surface area contributed by atoms with Crippen molar-refractivity contribution in [1.29, 1.82) is 0 Å². The molecule has 1 aliphatic heterocycles. The van der Waals surface area contributed by atoms with Crippen molar-refractivity contribution in [2.24, 2.45) is 0 Å². The molecule has 214 valence electrons. The summed E-state index contributed by atoms with van der Waals surface area (Å²) in [4.78, 5) is 34.4. The molecule has 0 aliphatic carbocycles. The number of ether oxygens (including phenoxy) is 3. The fourth-order valence-electron chi connectivity index (χ4n) is 4.77. The van der Waals surface area contributed by atoms with Crippen molar-refractivity contribution in [3.8, 4) is 5.75 Å². The van der Waals surface area contributed by atoms with Crippen LogP contribution in [0.3, 0.4) is 0 Å². The second-order valence-electron chi connectivity index (χ2n) is 11.1. The Bertz CT molecular complexity index is 1080. The first-order chi connectivity index (χ1) is 18.6. The van der Waals surface area contributed by atoms with Crippen molar-refractivity contribution >= 4 is 12.0 Å². The van der Waals surface area contributed by atoms with Gasteiger partial charge in [-0.15, -0.1) is 0 Å². The number of benzene rings is 2. The lowest BCUT2D eigenvalue weighted by Crippen LogP contribution is -2.53. The van der Waals surface area contributed by atoms with Gasteiger partial charge in [-0.2, -0.15) is 0 Å². The van der Waals surface area contributed by atoms with Crippen molar-refractivity contribution in [2.75, 3.05) is 27.3 Å². The van der Waals surface area contributed by atoms with Gasteiger partial charge in [-0.3, -0.25) is 9.63 Å². The number of carbonyl (C=O) groups excluding carboxylic acids is 2. The second-order valence-corrected chi connectivity index (χ2v) is 11.1. The zero-order valence-corrected chi connectivity index (χ0v) is 24.4. The molecule has 39 heavy (non-hydrogen) atoms. The highest BCUT2D eigenvalue weighted by Gasteiger charge is 2.38. The highest BCUT2D eigenvalue weighted by atomic mass is 16.7. The van der Waals surface area contributed by atoms with Crippen LogP contribution < -0.4 is 4.74 Å². The maximum Gasteiger partial charge on any atom is 0.410 e.